The third-order valence-corrected chi connectivity index (χ3v) is 14.4. The van der Waals surface area contributed by atoms with Gasteiger partial charge in [0, 0.05) is 51.2 Å². The molecule has 0 unspecified atom stereocenters. The van der Waals surface area contributed by atoms with E-state index in [0.717, 1.165) is 51.1 Å². The zero-order valence-electron chi connectivity index (χ0n) is 41.7. The minimum Gasteiger partial charge on any atom is -0.321 e. The first kappa shape index (κ1) is 44.6. The number of para-hydroxylation sites is 4. The molecule has 5 heteroatoms. The van der Waals surface area contributed by atoms with Crippen molar-refractivity contribution in [3.05, 3.63) is 235 Å². The second-order valence-corrected chi connectivity index (χ2v) is 21.4. The molecule has 0 bridgehead atoms. The van der Waals surface area contributed by atoms with Gasteiger partial charge in [-0.2, -0.15) is 0 Å². The van der Waals surface area contributed by atoms with Gasteiger partial charge in [0.25, 0.3) is 0 Å². The standard InChI is InChI=1S/C65H61N5/c1-63(2,3)46-24-21-27-50(38-46)67-44-68(60-33-20-19-32-59(60)67)52-39-48(64(4,5)6)40-53(42-52)69(49-25-13-10-14-26-49)51-34-35-57-55-29-16-15-28-54(55)56-30-17-18-31-58(56)70(61(57)43-51)62-41-47(36-37-66-62)65(7,8)45-22-11-9-12-23-45/h9-43H,44H2,1-8H3. The Bertz CT molecular complexity index is 3380. The van der Waals surface area contributed by atoms with Crippen LogP contribution in [0.1, 0.15) is 77.6 Å². The number of pyridine rings is 1. The zero-order valence-corrected chi connectivity index (χ0v) is 41.7. The second-order valence-electron chi connectivity index (χ2n) is 21.4. The number of rotatable bonds is 8. The van der Waals surface area contributed by atoms with E-state index in [1.165, 1.54) is 50.4 Å². The van der Waals surface area contributed by atoms with Crippen molar-refractivity contribution in [2.45, 2.75) is 71.6 Å². The van der Waals surface area contributed by atoms with Gasteiger partial charge in [-0.15, -0.1) is 0 Å². The predicted molar refractivity (Wildman–Crippen MR) is 296 cm³/mol. The lowest BCUT2D eigenvalue weighted by Crippen LogP contribution is -2.25. The molecule has 70 heavy (non-hydrogen) atoms. The van der Waals surface area contributed by atoms with Gasteiger partial charge in [-0.05, 0) is 129 Å². The van der Waals surface area contributed by atoms with Gasteiger partial charge in [-0.25, -0.2) is 4.98 Å². The second kappa shape index (κ2) is 17.3. The predicted octanol–water partition coefficient (Wildman–Crippen LogP) is 17.8. The Morgan fingerprint density at radius 2 is 0.929 bits per heavy atom. The van der Waals surface area contributed by atoms with Crippen LogP contribution in [-0.2, 0) is 16.2 Å². The van der Waals surface area contributed by atoms with E-state index in [1.807, 2.05) is 6.20 Å². The lowest BCUT2D eigenvalue weighted by atomic mass is 9.78. The van der Waals surface area contributed by atoms with Crippen molar-refractivity contribution in [3.63, 3.8) is 0 Å². The minimum absolute atomic E-state index is 0.0330. The van der Waals surface area contributed by atoms with Crippen molar-refractivity contribution >= 4 is 57.0 Å². The van der Waals surface area contributed by atoms with Crippen molar-refractivity contribution < 1.29 is 0 Å². The van der Waals surface area contributed by atoms with Crippen LogP contribution in [0.5, 0.6) is 0 Å². The van der Waals surface area contributed by atoms with E-state index in [4.69, 9.17) is 4.98 Å². The molecule has 11 rings (SSSR count). The van der Waals surface area contributed by atoms with Crippen LogP contribution in [-0.4, -0.2) is 11.7 Å². The molecular formula is C65H61N5. The van der Waals surface area contributed by atoms with Gasteiger partial charge < -0.3 is 14.7 Å². The molecule has 0 saturated heterocycles. The van der Waals surface area contributed by atoms with E-state index < -0.39 is 0 Å². The summed E-state index contributed by atoms with van der Waals surface area (Å²) in [4.78, 5) is 15.0. The Morgan fingerprint density at radius 1 is 0.371 bits per heavy atom. The molecule has 3 heterocycles. The number of fused-ring (bicyclic) bond motifs is 6. The first-order valence-electron chi connectivity index (χ1n) is 24.6. The topological polar surface area (TPSA) is 25.9 Å². The molecule has 1 aromatic heterocycles. The summed E-state index contributed by atoms with van der Waals surface area (Å²) < 4.78 is 0. The number of hydrogen-bond donors (Lipinski definition) is 0. The van der Waals surface area contributed by atoms with Gasteiger partial charge in [-0.3, -0.25) is 4.90 Å². The minimum atomic E-state index is -0.263. The molecule has 0 amide bonds. The van der Waals surface area contributed by atoms with Crippen LogP contribution in [0, 0.1) is 0 Å². The van der Waals surface area contributed by atoms with Gasteiger partial charge in [0.2, 0.25) is 0 Å². The van der Waals surface area contributed by atoms with E-state index in [9.17, 15) is 0 Å². The Hall–Kier alpha value is -7.89. The zero-order chi connectivity index (χ0) is 48.4. The first-order valence-corrected chi connectivity index (χ1v) is 24.6. The highest BCUT2D eigenvalue weighted by Crippen LogP contribution is 2.53. The summed E-state index contributed by atoms with van der Waals surface area (Å²) in [5, 5.41) is 0. The molecule has 0 saturated carbocycles. The monoisotopic (exact) mass is 911 g/mol. The summed E-state index contributed by atoms with van der Waals surface area (Å²) in [7, 11) is 0. The summed E-state index contributed by atoms with van der Waals surface area (Å²) in [5.41, 5.74) is 19.4. The average molecular weight is 912 g/mol. The van der Waals surface area contributed by atoms with Crippen LogP contribution in [0.4, 0.5) is 57.0 Å². The van der Waals surface area contributed by atoms with Crippen molar-refractivity contribution in [3.8, 4) is 22.3 Å². The smallest absolute Gasteiger partial charge is 0.137 e. The van der Waals surface area contributed by atoms with Crippen LogP contribution >= 0.6 is 0 Å². The van der Waals surface area contributed by atoms with E-state index in [1.54, 1.807) is 0 Å². The van der Waals surface area contributed by atoms with E-state index in [0.29, 0.717) is 6.67 Å². The SMILES string of the molecule is CC(C)(C)c1cccc(N2CN(c3cc(N(c4ccccc4)c4ccc5c(c4)N(c4cc(C(C)(C)c6ccccc6)ccn4)c4ccccc4-c4ccccc4-5)cc(C(C)(C)C)c3)c3ccccc32)c1. The van der Waals surface area contributed by atoms with Gasteiger partial charge in [0.1, 0.15) is 12.5 Å². The van der Waals surface area contributed by atoms with E-state index in [-0.39, 0.29) is 16.2 Å². The largest absolute Gasteiger partial charge is 0.321 e. The Morgan fingerprint density at radius 3 is 1.60 bits per heavy atom. The Kier molecular flexibility index (Phi) is 11.0. The normalized spacial score (nSPS) is 13.3. The molecule has 8 aromatic carbocycles. The molecule has 346 valence electrons. The fraction of sp³-hybridized carbons (Fsp3) is 0.185. The molecule has 0 spiro atoms. The lowest BCUT2D eigenvalue weighted by molar-refractivity contribution is 0.590. The highest BCUT2D eigenvalue weighted by Gasteiger charge is 2.33. The number of aromatic nitrogens is 1. The molecule has 2 aliphatic heterocycles. The Labute approximate surface area is 415 Å². The average Bonchev–Trinajstić information content (AvgIpc) is 3.71. The summed E-state index contributed by atoms with van der Waals surface area (Å²) in [6.07, 6.45) is 1.98. The quantitative estimate of drug-likeness (QED) is 0.151. The van der Waals surface area contributed by atoms with Gasteiger partial charge in [0.15, 0.2) is 0 Å². The first-order chi connectivity index (χ1) is 33.7. The van der Waals surface area contributed by atoms with Gasteiger partial charge in [0.05, 0.1) is 22.7 Å². The van der Waals surface area contributed by atoms with Crippen molar-refractivity contribution in [1.82, 2.24) is 4.98 Å². The maximum atomic E-state index is 5.22. The molecule has 2 aliphatic rings. The fourth-order valence-electron chi connectivity index (χ4n) is 10.4. The summed E-state index contributed by atoms with van der Waals surface area (Å²) in [6.45, 7) is 19.1. The Balaban J connectivity index is 1.10. The molecule has 0 N–H and O–H groups in total. The number of nitrogens with zero attached hydrogens (tertiary/aromatic N) is 5. The van der Waals surface area contributed by atoms with Crippen molar-refractivity contribution in [2.24, 2.45) is 0 Å². The molecule has 0 fully saturated rings. The summed E-state index contributed by atoms with van der Waals surface area (Å²) >= 11 is 0. The lowest BCUT2D eigenvalue weighted by Gasteiger charge is -2.33. The van der Waals surface area contributed by atoms with Crippen molar-refractivity contribution in [2.75, 3.05) is 26.3 Å². The highest BCUT2D eigenvalue weighted by molar-refractivity contribution is 6.03. The van der Waals surface area contributed by atoms with Crippen LogP contribution in [0.15, 0.2) is 212 Å². The maximum absolute atomic E-state index is 5.22. The van der Waals surface area contributed by atoms with Crippen LogP contribution in [0.2, 0.25) is 0 Å². The fourth-order valence-corrected chi connectivity index (χ4v) is 10.4. The van der Waals surface area contributed by atoms with Crippen LogP contribution in [0.3, 0.4) is 0 Å². The third-order valence-electron chi connectivity index (χ3n) is 14.4. The van der Waals surface area contributed by atoms with Crippen LogP contribution < -0.4 is 19.6 Å². The number of anilines is 10. The number of benzene rings is 8. The van der Waals surface area contributed by atoms with E-state index in [2.05, 4.69) is 281 Å². The number of hydrogen-bond acceptors (Lipinski definition) is 5. The summed E-state index contributed by atoms with van der Waals surface area (Å²) in [6, 6.07) is 75.8. The summed E-state index contributed by atoms with van der Waals surface area (Å²) in [5.74, 6) is 0.869. The molecule has 5 nitrogen and oxygen atoms in total. The molecule has 0 atom stereocenters. The molecule has 9 aromatic rings. The van der Waals surface area contributed by atoms with Crippen LogP contribution in [0.25, 0.3) is 22.3 Å². The van der Waals surface area contributed by atoms with Gasteiger partial charge >= 0.3 is 0 Å². The maximum Gasteiger partial charge on any atom is 0.137 e. The molecule has 0 aliphatic carbocycles. The highest BCUT2D eigenvalue weighted by atomic mass is 15.4. The van der Waals surface area contributed by atoms with Crippen molar-refractivity contribution in [1.29, 1.82) is 0 Å². The molecule has 0 radical (unpaired) electrons. The van der Waals surface area contributed by atoms with Gasteiger partial charge in [-0.1, -0.05) is 177 Å². The van der Waals surface area contributed by atoms with E-state index >= 15 is 0 Å². The third kappa shape index (κ3) is 7.99. The molecular weight excluding hydrogens is 851 g/mol.